The summed E-state index contributed by atoms with van der Waals surface area (Å²) in [7, 11) is 0. The van der Waals surface area contributed by atoms with E-state index in [-0.39, 0.29) is 17.9 Å². The summed E-state index contributed by atoms with van der Waals surface area (Å²) in [5.41, 5.74) is 2.83. The maximum absolute atomic E-state index is 10.2. The van der Waals surface area contributed by atoms with E-state index < -0.39 is 0 Å². The molecule has 0 spiro atoms. The van der Waals surface area contributed by atoms with Crippen LogP contribution in [0.2, 0.25) is 0 Å². The Balaban J connectivity index is 3.38. The third kappa shape index (κ3) is 2.56. The van der Waals surface area contributed by atoms with Gasteiger partial charge in [-0.05, 0) is 23.5 Å². The second kappa shape index (κ2) is 4.46. The van der Waals surface area contributed by atoms with Gasteiger partial charge >= 0.3 is 0 Å². The minimum Gasteiger partial charge on any atom is -0.507 e. The van der Waals surface area contributed by atoms with Crippen molar-refractivity contribution < 1.29 is 10.2 Å². The van der Waals surface area contributed by atoms with Crippen molar-refractivity contribution in [3.8, 4) is 5.75 Å². The Morgan fingerprint density at radius 3 is 2.25 bits per heavy atom. The Hall–Kier alpha value is -1.02. The zero-order valence-corrected chi connectivity index (χ0v) is 10.8. The lowest BCUT2D eigenvalue weighted by molar-refractivity contribution is 0.270. The van der Waals surface area contributed by atoms with Crippen molar-refractivity contribution >= 4 is 0 Å². The van der Waals surface area contributed by atoms with Gasteiger partial charge in [-0.1, -0.05) is 45.4 Å². The van der Waals surface area contributed by atoms with Gasteiger partial charge in [0, 0.05) is 12.5 Å². The van der Waals surface area contributed by atoms with Crippen LogP contribution in [0.5, 0.6) is 5.75 Å². The molecule has 1 aromatic rings. The SMILES string of the molecule is Cc1cc(C(C)CO)c(O)c(C(C)(C)C)c1. The molecule has 2 nitrogen and oxygen atoms in total. The number of aryl methyl sites for hydroxylation is 1. The third-order valence-corrected chi connectivity index (χ3v) is 2.90. The number of aliphatic hydroxyl groups excluding tert-OH is 1. The Labute approximate surface area is 97.9 Å². The smallest absolute Gasteiger partial charge is 0.122 e. The molecule has 0 radical (unpaired) electrons. The van der Waals surface area contributed by atoms with Crippen LogP contribution in [-0.2, 0) is 5.41 Å². The summed E-state index contributed by atoms with van der Waals surface area (Å²) in [5.74, 6) is 0.306. The van der Waals surface area contributed by atoms with Crippen LogP contribution in [0.25, 0.3) is 0 Å². The zero-order valence-electron chi connectivity index (χ0n) is 10.8. The minimum atomic E-state index is -0.0833. The highest BCUT2D eigenvalue weighted by molar-refractivity contribution is 5.48. The van der Waals surface area contributed by atoms with E-state index in [1.54, 1.807) is 0 Å². The summed E-state index contributed by atoms with van der Waals surface area (Å²) in [6.45, 7) is 10.2. The number of rotatable bonds is 2. The van der Waals surface area contributed by atoms with Crippen LogP contribution in [0.4, 0.5) is 0 Å². The highest BCUT2D eigenvalue weighted by Crippen LogP contribution is 2.37. The van der Waals surface area contributed by atoms with E-state index in [4.69, 9.17) is 0 Å². The predicted octanol–water partition coefficient (Wildman–Crippen LogP) is 3.09. The van der Waals surface area contributed by atoms with Gasteiger partial charge in [0.15, 0.2) is 0 Å². The van der Waals surface area contributed by atoms with Gasteiger partial charge in [0.05, 0.1) is 0 Å². The molecule has 0 aliphatic carbocycles. The van der Waals surface area contributed by atoms with E-state index in [1.165, 1.54) is 0 Å². The molecule has 1 atom stereocenters. The maximum Gasteiger partial charge on any atom is 0.122 e. The lowest BCUT2D eigenvalue weighted by atomic mass is 9.82. The first-order chi connectivity index (χ1) is 7.27. The first-order valence-electron chi connectivity index (χ1n) is 5.72. The molecule has 0 fully saturated rings. The number of aromatic hydroxyl groups is 1. The standard InChI is InChI=1S/C14H22O2/c1-9-6-11(10(2)8-15)13(16)12(7-9)14(3,4)5/h6-7,10,15-16H,8H2,1-5H3. The molecule has 2 N–H and O–H groups in total. The topological polar surface area (TPSA) is 40.5 Å². The Morgan fingerprint density at radius 2 is 1.81 bits per heavy atom. The normalized spacial score (nSPS) is 13.9. The number of aliphatic hydroxyl groups is 1. The maximum atomic E-state index is 10.2. The van der Waals surface area contributed by atoms with Crippen molar-refractivity contribution in [2.75, 3.05) is 6.61 Å². The summed E-state index contributed by atoms with van der Waals surface area (Å²) in [5, 5.41) is 19.4. The Morgan fingerprint density at radius 1 is 1.25 bits per heavy atom. The fourth-order valence-electron chi connectivity index (χ4n) is 1.85. The first-order valence-corrected chi connectivity index (χ1v) is 5.72. The van der Waals surface area contributed by atoms with Crippen molar-refractivity contribution in [2.24, 2.45) is 0 Å². The van der Waals surface area contributed by atoms with Crippen molar-refractivity contribution in [3.05, 3.63) is 28.8 Å². The van der Waals surface area contributed by atoms with E-state index >= 15 is 0 Å². The van der Waals surface area contributed by atoms with Gasteiger partial charge in [-0.3, -0.25) is 0 Å². The fraction of sp³-hybridized carbons (Fsp3) is 0.571. The molecule has 0 saturated carbocycles. The molecule has 0 aromatic heterocycles. The summed E-state index contributed by atoms with van der Waals surface area (Å²) in [6.07, 6.45) is 0. The number of phenols is 1. The number of hydrogen-bond donors (Lipinski definition) is 2. The van der Waals surface area contributed by atoms with Crippen LogP contribution in [0.3, 0.4) is 0 Å². The number of hydrogen-bond acceptors (Lipinski definition) is 2. The minimum absolute atomic E-state index is 0.0269. The van der Waals surface area contributed by atoms with Crippen molar-refractivity contribution in [2.45, 2.75) is 46.0 Å². The third-order valence-electron chi connectivity index (χ3n) is 2.90. The van der Waals surface area contributed by atoms with Crippen LogP contribution in [0.1, 0.15) is 50.3 Å². The highest BCUT2D eigenvalue weighted by Gasteiger charge is 2.22. The van der Waals surface area contributed by atoms with Gasteiger partial charge < -0.3 is 10.2 Å². The molecule has 90 valence electrons. The average Bonchev–Trinajstić information content (AvgIpc) is 2.18. The van der Waals surface area contributed by atoms with Gasteiger partial charge in [-0.25, -0.2) is 0 Å². The quantitative estimate of drug-likeness (QED) is 0.807. The van der Waals surface area contributed by atoms with E-state index in [2.05, 4.69) is 20.8 Å². The van der Waals surface area contributed by atoms with Crippen LogP contribution in [-0.4, -0.2) is 16.8 Å². The molecule has 0 aliphatic rings. The molecular weight excluding hydrogens is 200 g/mol. The van der Waals surface area contributed by atoms with Crippen LogP contribution in [0, 0.1) is 6.92 Å². The van der Waals surface area contributed by atoms with Gasteiger partial charge in [0.2, 0.25) is 0 Å². The van der Waals surface area contributed by atoms with E-state index in [0.29, 0.717) is 5.75 Å². The summed E-state index contributed by atoms with van der Waals surface area (Å²) < 4.78 is 0. The van der Waals surface area contributed by atoms with E-state index in [0.717, 1.165) is 16.7 Å². The highest BCUT2D eigenvalue weighted by atomic mass is 16.3. The molecule has 16 heavy (non-hydrogen) atoms. The Kier molecular flexibility index (Phi) is 3.64. The molecule has 0 amide bonds. The monoisotopic (exact) mass is 222 g/mol. The van der Waals surface area contributed by atoms with Gasteiger partial charge in [-0.15, -0.1) is 0 Å². The summed E-state index contributed by atoms with van der Waals surface area (Å²) in [6, 6.07) is 3.97. The van der Waals surface area contributed by atoms with Crippen LogP contribution >= 0.6 is 0 Å². The molecule has 0 bridgehead atoms. The van der Waals surface area contributed by atoms with Crippen molar-refractivity contribution in [3.63, 3.8) is 0 Å². The molecule has 0 aliphatic heterocycles. The largest absolute Gasteiger partial charge is 0.507 e. The van der Waals surface area contributed by atoms with Gasteiger partial charge in [0.25, 0.3) is 0 Å². The van der Waals surface area contributed by atoms with Crippen molar-refractivity contribution in [1.29, 1.82) is 0 Å². The van der Waals surface area contributed by atoms with Gasteiger partial charge in [0.1, 0.15) is 5.75 Å². The Bertz CT molecular complexity index is 375. The fourth-order valence-corrected chi connectivity index (χ4v) is 1.85. The molecule has 1 rings (SSSR count). The van der Waals surface area contributed by atoms with E-state index in [1.807, 2.05) is 26.0 Å². The molecular formula is C14H22O2. The van der Waals surface area contributed by atoms with Crippen molar-refractivity contribution in [1.82, 2.24) is 0 Å². The van der Waals surface area contributed by atoms with Gasteiger partial charge in [-0.2, -0.15) is 0 Å². The van der Waals surface area contributed by atoms with Crippen LogP contribution < -0.4 is 0 Å². The van der Waals surface area contributed by atoms with E-state index in [9.17, 15) is 10.2 Å². The lowest BCUT2D eigenvalue weighted by Gasteiger charge is -2.24. The summed E-state index contributed by atoms with van der Waals surface area (Å²) in [4.78, 5) is 0. The predicted molar refractivity (Wildman–Crippen MR) is 67.0 cm³/mol. The first kappa shape index (κ1) is 13.0. The molecule has 0 heterocycles. The molecule has 1 unspecified atom stereocenters. The molecule has 1 aromatic carbocycles. The number of phenolic OH excluding ortho intramolecular Hbond substituents is 1. The second-order valence-electron chi connectivity index (χ2n) is 5.58. The molecule has 2 heteroatoms. The second-order valence-corrected chi connectivity index (χ2v) is 5.58. The average molecular weight is 222 g/mol. The zero-order chi connectivity index (χ0) is 12.5. The lowest BCUT2D eigenvalue weighted by Crippen LogP contribution is -2.13. The van der Waals surface area contributed by atoms with Crippen LogP contribution in [0.15, 0.2) is 12.1 Å². The number of benzene rings is 1. The molecule has 0 saturated heterocycles. The summed E-state index contributed by atoms with van der Waals surface area (Å²) >= 11 is 0.